The first-order valence-corrected chi connectivity index (χ1v) is 10.4. The van der Waals surface area contributed by atoms with Gasteiger partial charge in [-0.1, -0.05) is 0 Å². The molecule has 2 aliphatic heterocycles. The van der Waals surface area contributed by atoms with E-state index < -0.39 is 0 Å². The average molecular weight is 415 g/mol. The molecule has 8 nitrogen and oxygen atoms in total. The molecule has 0 saturated carbocycles. The topological polar surface area (TPSA) is 72.9 Å². The summed E-state index contributed by atoms with van der Waals surface area (Å²) in [6.45, 7) is 5.62. The summed E-state index contributed by atoms with van der Waals surface area (Å²) in [5.41, 5.74) is 3.81. The second-order valence-electron chi connectivity index (χ2n) is 7.92. The number of aromatic nitrogens is 2. The van der Waals surface area contributed by atoms with E-state index in [9.17, 15) is 9.59 Å². The first-order valence-electron chi connectivity index (χ1n) is 9.63. The third-order valence-corrected chi connectivity index (χ3v) is 6.99. The average Bonchev–Trinajstić information content (AvgIpc) is 3.03. The molecule has 0 fully saturated rings. The monoisotopic (exact) mass is 414 g/mol. The van der Waals surface area contributed by atoms with Crippen molar-refractivity contribution >= 4 is 39.9 Å². The van der Waals surface area contributed by atoms with Gasteiger partial charge in [0.25, 0.3) is 5.91 Å². The lowest BCUT2D eigenvalue weighted by Gasteiger charge is -2.30. The molecular formula is C20H26N6O2S. The highest BCUT2D eigenvalue weighted by molar-refractivity contribution is 7.17. The standard InChI is InChI=1S/C20H26N6O2S/c1-11-12(2)21-20(23(3)4)22-17(11)26-8-7-13-14(9-26)29-19-16(13)18(28)24(5)10-15(27)25(19)6/h7-10H2,1-6H3. The minimum atomic E-state index is -0.0624. The van der Waals surface area contributed by atoms with Crippen LogP contribution in [0.25, 0.3) is 0 Å². The number of aryl methyl sites for hydroxylation is 1. The number of thiophene rings is 1. The van der Waals surface area contributed by atoms with Crippen molar-refractivity contribution in [3.05, 3.63) is 27.3 Å². The second kappa shape index (κ2) is 6.98. The lowest BCUT2D eigenvalue weighted by molar-refractivity contribution is -0.118. The number of hydrogen-bond donors (Lipinski definition) is 0. The normalized spacial score (nSPS) is 16.7. The van der Waals surface area contributed by atoms with Crippen LogP contribution in [0.4, 0.5) is 16.8 Å². The number of fused-ring (bicyclic) bond motifs is 3. The fourth-order valence-corrected chi connectivity index (χ4v) is 5.15. The predicted octanol–water partition coefficient (Wildman–Crippen LogP) is 1.83. The fraction of sp³-hybridized carbons (Fsp3) is 0.500. The van der Waals surface area contributed by atoms with Gasteiger partial charge in [0.05, 0.1) is 12.1 Å². The van der Waals surface area contributed by atoms with Gasteiger partial charge in [-0.15, -0.1) is 11.3 Å². The number of nitrogens with zero attached hydrogens (tertiary/aromatic N) is 6. The van der Waals surface area contributed by atoms with E-state index in [-0.39, 0.29) is 18.4 Å². The van der Waals surface area contributed by atoms with Gasteiger partial charge in [0.1, 0.15) is 17.4 Å². The van der Waals surface area contributed by atoms with Crippen LogP contribution >= 0.6 is 11.3 Å². The van der Waals surface area contributed by atoms with Gasteiger partial charge in [-0.25, -0.2) is 4.98 Å². The molecule has 2 aliphatic rings. The Morgan fingerprint density at radius 2 is 1.79 bits per heavy atom. The number of hydrogen-bond acceptors (Lipinski definition) is 7. The summed E-state index contributed by atoms with van der Waals surface area (Å²) in [5, 5.41) is 0.765. The van der Waals surface area contributed by atoms with Gasteiger partial charge in [0.2, 0.25) is 11.9 Å². The fourth-order valence-electron chi connectivity index (χ4n) is 3.82. The van der Waals surface area contributed by atoms with Crippen LogP contribution in [0.15, 0.2) is 0 Å². The molecule has 9 heteroatoms. The first-order chi connectivity index (χ1) is 13.7. The molecule has 0 bridgehead atoms. The first kappa shape index (κ1) is 19.6. The largest absolute Gasteiger partial charge is 0.351 e. The van der Waals surface area contributed by atoms with E-state index in [1.54, 1.807) is 30.3 Å². The minimum Gasteiger partial charge on any atom is -0.351 e. The van der Waals surface area contributed by atoms with Crippen LogP contribution in [0.1, 0.15) is 32.1 Å². The number of amides is 2. The van der Waals surface area contributed by atoms with Gasteiger partial charge in [0.15, 0.2) is 0 Å². The Bertz CT molecular complexity index is 1010. The Kier molecular flexibility index (Phi) is 4.72. The quantitative estimate of drug-likeness (QED) is 0.747. The van der Waals surface area contributed by atoms with E-state index in [4.69, 9.17) is 4.98 Å². The molecule has 0 saturated heterocycles. The highest BCUT2D eigenvalue weighted by atomic mass is 32.1. The molecule has 0 aromatic carbocycles. The highest BCUT2D eigenvalue weighted by Crippen LogP contribution is 2.41. The van der Waals surface area contributed by atoms with Crippen molar-refractivity contribution in [1.29, 1.82) is 0 Å². The van der Waals surface area contributed by atoms with E-state index in [1.807, 2.05) is 32.8 Å². The van der Waals surface area contributed by atoms with Crippen LogP contribution in [-0.4, -0.2) is 68.0 Å². The molecule has 154 valence electrons. The van der Waals surface area contributed by atoms with Crippen LogP contribution in [0.2, 0.25) is 0 Å². The van der Waals surface area contributed by atoms with Crippen LogP contribution in [0.3, 0.4) is 0 Å². The zero-order valence-corrected chi connectivity index (χ0v) is 18.6. The number of carbonyl (C=O) groups is 2. The number of likely N-dealkylation sites (N-methyl/N-ethyl adjacent to an activating group) is 2. The molecule has 0 aliphatic carbocycles. The Balaban J connectivity index is 1.75. The highest BCUT2D eigenvalue weighted by Gasteiger charge is 2.36. The molecule has 29 heavy (non-hydrogen) atoms. The smallest absolute Gasteiger partial charge is 0.257 e. The molecule has 2 aromatic rings. The molecule has 0 spiro atoms. The van der Waals surface area contributed by atoms with Crippen LogP contribution < -0.4 is 14.7 Å². The molecule has 4 heterocycles. The van der Waals surface area contributed by atoms with Crippen LogP contribution in [0, 0.1) is 13.8 Å². The summed E-state index contributed by atoms with van der Waals surface area (Å²) < 4.78 is 0. The third-order valence-electron chi connectivity index (χ3n) is 5.70. The molecular weight excluding hydrogens is 388 g/mol. The van der Waals surface area contributed by atoms with Gasteiger partial charge in [-0.2, -0.15) is 4.98 Å². The molecule has 0 N–H and O–H groups in total. The van der Waals surface area contributed by atoms with Gasteiger partial charge in [-0.3, -0.25) is 9.59 Å². The van der Waals surface area contributed by atoms with Crippen molar-refractivity contribution in [2.45, 2.75) is 26.8 Å². The van der Waals surface area contributed by atoms with Crippen molar-refractivity contribution in [1.82, 2.24) is 14.9 Å². The van der Waals surface area contributed by atoms with Crippen molar-refractivity contribution in [2.24, 2.45) is 0 Å². The van der Waals surface area contributed by atoms with E-state index in [2.05, 4.69) is 9.88 Å². The third kappa shape index (κ3) is 3.13. The number of rotatable bonds is 2. The molecule has 2 aromatic heterocycles. The Hall–Kier alpha value is -2.68. The second-order valence-corrected chi connectivity index (χ2v) is 9.01. The van der Waals surface area contributed by atoms with Crippen molar-refractivity contribution < 1.29 is 9.59 Å². The molecule has 2 amide bonds. The van der Waals surface area contributed by atoms with E-state index >= 15 is 0 Å². The Labute approximate surface area is 174 Å². The maximum absolute atomic E-state index is 12.9. The summed E-state index contributed by atoms with van der Waals surface area (Å²) in [7, 11) is 7.33. The summed E-state index contributed by atoms with van der Waals surface area (Å²) >= 11 is 1.55. The number of carbonyl (C=O) groups excluding carboxylic acids is 2. The minimum absolute atomic E-state index is 0.0621. The van der Waals surface area contributed by atoms with Crippen LogP contribution in [-0.2, 0) is 17.8 Å². The van der Waals surface area contributed by atoms with Gasteiger partial charge >= 0.3 is 0 Å². The maximum atomic E-state index is 12.9. The Morgan fingerprint density at radius 1 is 1.07 bits per heavy atom. The van der Waals surface area contributed by atoms with Crippen molar-refractivity contribution in [3.63, 3.8) is 0 Å². The van der Waals surface area contributed by atoms with Gasteiger partial charge in [-0.05, 0) is 25.8 Å². The molecule has 0 radical (unpaired) electrons. The summed E-state index contributed by atoms with van der Waals surface area (Å²) in [5.74, 6) is 1.50. The van der Waals surface area contributed by atoms with Crippen LogP contribution in [0.5, 0.6) is 0 Å². The summed E-state index contributed by atoms with van der Waals surface area (Å²) in [4.78, 5) is 43.2. The molecule has 0 unspecified atom stereocenters. The predicted molar refractivity (Wildman–Crippen MR) is 115 cm³/mol. The molecule has 0 atom stereocenters. The SMILES string of the molecule is Cc1nc(N(C)C)nc(N2CCc3c(sc4c3C(=O)N(C)CC(=O)N4C)C2)c1C. The van der Waals surface area contributed by atoms with Crippen molar-refractivity contribution in [3.8, 4) is 0 Å². The van der Waals surface area contributed by atoms with E-state index in [1.165, 1.54) is 4.90 Å². The Morgan fingerprint density at radius 3 is 2.48 bits per heavy atom. The van der Waals surface area contributed by atoms with E-state index in [0.717, 1.165) is 45.5 Å². The summed E-state index contributed by atoms with van der Waals surface area (Å²) in [6, 6.07) is 0. The lowest BCUT2D eigenvalue weighted by atomic mass is 10.0. The van der Waals surface area contributed by atoms with Gasteiger partial charge in [0, 0.05) is 50.9 Å². The summed E-state index contributed by atoms with van der Waals surface area (Å²) in [6.07, 6.45) is 0.753. The molecule has 4 rings (SSSR count). The lowest BCUT2D eigenvalue weighted by Crippen LogP contribution is -2.36. The zero-order chi connectivity index (χ0) is 21.0. The maximum Gasteiger partial charge on any atom is 0.257 e. The van der Waals surface area contributed by atoms with Gasteiger partial charge < -0.3 is 19.6 Å². The number of anilines is 3. The zero-order valence-electron chi connectivity index (χ0n) is 17.7. The van der Waals surface area contributed by atoms with E-state index in [0.29, 0.717) is 18.1 Å². The van der Waals surface area contributed by atoms with Crippen molar-refractivity contribution in [2.75, 3.05) is 56.0 Å².